The van der Waals surface area contributed by atoms with Gasteiger partial charge in [-0.2, -0.15) is 0 Å². The average molecular weight is 505 g/mol. The van der Waals surface area contributed by atoms with Gasteiger partial charge in [-0.1, -0.05) is 52.0 Å². The summed E-state index contributed by atoms with van der Waals surface area (Å²) in [5.41, 5.74) is -0.0611. The van der Waals surface area contributed by atoms with Crippen molar-refractivity contribution in [3.8, 4) is 0 Å². The fraction of sp³-hybridized carbons (Fsp3) is 0.679. The van der Waals surface area contributed by atoms with Gasteiger partial charge in [0.25, 0.3) is 0 Å². The topological polar surface area (TPSA) is 108 Å². The molecule has 0 radical (unpaired) electrons. The van der Waals surface area contributed by atoms with Crippen LogP contribution in [0, 0.1) is 28.6 Å². The van der Waals surface area contributed by atoms with Crippen LogP contribution in [0.25, 0.3) is 0 Å². The Balaban J connectivity index is 2.23. The van der Waals surface area contributed by atoms with E-state index in [0.29, 0.717) is 24.8 Å². The Bertz CT molecular complexity index is 965. The second-order valence-corrected chi connectivity index (χ2v) is 11.0. The molecule has 8 atom stereocenters. The van der Waals surface area contributed by atoms with E-state index in [1.54, 1.807) is 26.0 Å². The molecule has 0 amide bonds. The zero-order valence-corrected chi connectivity index (χ0v) is 22.4. The largest absolute Gasteiger partial charge is 0.458 e. The lowest BCUT2D eigenvalue weighted by molar-refractivity contribution is -0.254. The molecule has 200 valence electrons. The van der Waals surface area contributed by atoms with Gasteiger partial charge in [-0.25, -0.2) is 0 Å². The van der Waals surface area contributed by atoms with Crippen LogP contribution in [0.5, 0.6) is 0 Å². The van der Waals surface area contributed by atoms with E-state index in [1.165, 1.54) is 13.8 Å². The molecule has 1 saturated heterocycles. The summed E-state index contributed by atoms with van der Waals surface area (Å²) in [5, 5.41) is 11.7. The van der Waals surface area contributed by atoms with Crippen molar-refractivity contribution in [3.05, 3.63) is 36.0 Å². The standard InChI is InChI=1S/C28H40O8/c1-9-16(4)10-11-27(8)17(5)12-23(31)28-21(13-20(14-22(27)28)35-24(32)15(2)3)25(33-18(6)29)36-26(28)34-19(7)30/h9-10,13,15,17,20,22-23,25-26,31H,1,11-12,14H2,2-8H3/b16-10+/t17-,20+,22+,23+,25+,26-,27-,28?/m0/s1. The minimum Gasteiger partial charge on any atom is -0.458 e. The maximum Gasteiger partial charge on any atom is 0.308 e. The first kappa shape index (κ1) is 28.1. The number of aliphatic hydroxyl groups excluding tert-OH is 1. The number of carbonyl (C=O) groups excluding carboxylic acids is 3. The van der Waals surface area contributed by atoms with Gasteiger partial charge in [0.05, 0.1) is 17.4 Å². The molecule has 36 heavy (non-hydrogen) atoms. The molecule has 8 nitrogen and oxygen atoms in total. The van der Waals surface area contributed by atoms with E-state index in [0.717, 1.165) is 5.57 Å². The molecule has 1 spiro atoms. The lowest BCUT2D eigenvalue weighted by atomic mass is 9.45. The Morgan fingerprint density at radius 2 is 1.81 bits per heavy atom. The number of hydrogen-bond acceptors (Lipinski definition) is 8. The highest BCUT2D eigenvalue weighted by molar-refractivity contribution is 5.72. The molecule has 1 heterocycles. The van der Waals surface area contributed by atoms with Crippen molar-refractivity contribution in [1.82, 2.24) is 0 Å². The molecule has 0 aromatic carbocycles. The molecule has 2 aliphatic carbocycles. The minimum absolute atomic E-state index is 0.0727. The summed E-state index contributed by atoms with van der Waals surface area (Å²) in [4.78, 5) is 36.7. The van der Waals surface area contributed by atoms with Crippen molar-refractivity contribution in [1.29, 1.82) is 0 Å². The van der Waals surface area contributed by atoms with Crippen molar-refractivity contribution in [2.24, 2.45) is 28.6 Å². The predicted octanol–water partition coefficient (Wildman–Crippen LogP) is 4.22. The molecule has 1 unspecified atom stereocenters. The highest BCUT2D eigenvalue weighted by atomic mass is 16.8. The fourth-order valence-electron chi connectivity index (χ4n) is 6.15. The van der Waals surface area contributed by atoms with Crippen molar-refractivity contribution in [2.75, 3.05) is 0 Å². The fourth-order valence-corrected chi connectivity index (χ4v) is 6.15. The van der Waals surface area contributed by atoms with Crippen molar-refractivity contribution >= 4 is 17.9 Å². The summed E-state index contributed by atoms with van der Waals surface area (Å²) in [6.07, 6.45) is 3.22. The molecule has 0 bridgehead atoms. The zero-order valence-electron chi connectivity index (χ0n) is 22.4. The van der Waals surface area contributed by atoms with E-state index in [2.05, 4.69) is 26.5 Å². The van der Waals surface area contributed by atoms with Gasteiger partial charge in [0.15, 0.2) is 0 Å². The molecule has 1 aliphatic heterocycles. The van der Waals surface area contributed by atoms with Crippen LogP contribution in [-0.2, 0) is 33.3 Å². The van der Waals surface area contributed by atoms with Crippen LogP contribution in [-0.4, -0.2) is 47.8 Å². The number of aliphatic hydroxyl groups is 1. The summed E-state index contributed by atoms with van der Waals surface area (Å²) >= 11 is 0. The van der Waals surface area contributed by atoms with E-state index in [1.807, 2.05) is 6.92 Å². The van der Waals surface area contributed by atoms with Gasteiger partial charge in [0.2, 0.25) is 12.6 Å². The zero-order chi connectivity index (χ0) is 27.0. The Hall–Kier alpha value is -2.45. The smallest absolute Gasteiger partial charge is 0.308 e. The normalized spacial score (nSPS) is 37.9. The SMILES string of the molecule is C=C/C(C)=C/C[C@@]1(C)[C@@H](C)C[C@@H](O)C23C(=C[C@@H](OC(=O)C(C)C)C[C@@H]21)[C@H](OC(C)=O)O[C@@H]3OC(C)=O. The molecule has 0 aromatic rings. The molecule has 3 rings (SSSR count). The van der Waals surface area contributed by atoms with Crippen LogP contribution < -0.4 is 0 Å². The summed E-state index contributed by atoms with van der Waals surface area (Å²) in [5.74, 6) is -2.08. The van der Waals surface area contributed by atoms with Crippen molar-refractivity contribution in [3.63, 3.8) is 0 Å². The van der Waals surface area contributed by atoms with E-state index >= 15 is 0 Å². The second-order valence-electron chi connectivity index (χ2n) is 11.0. The molecular weight excluding hydrogens is 464 g/mol. The number of carbonyl (C=O) groups is 3. The minimum atomic E-state index is -1.17. The predicted molar refractivity (Wildman–Crippen MR) is 132 cm³/mol. The molecule has 3 aliphatic rings. The maximum atomic E-state index is 12.6. The van der Waals surface area contributed by atoms with Gasteiger partial charge < -0.3 is 19.3 Å². The molecule has 0 aromatic heterocycles. The molecule has 8 heteroatoms. The third-order valence-corrected chi connectivity index (χ3v) is 8.32. The van der Waals surface area contributed by atoms with Gasteiger partial charge in [0, 0.05) is 19.4 Å². The lowest BCUT2D eigenvalue weighted by Crippen LogP contribution is -2.63. The number of hydrogen-bond donors (Lipinski definition) is 1. The summed E-state index contributed by atoms with van der Waals surface area (Å²) in [6, 6.07) is 0. The van der Waals surface area contributed by atoms with Gasteiger partial charge in [-0.3, -0.25) is 19.1 Å². The Kier molecular flexibility index (Phi) is 8.20. The van der Waals surface area contributed by atoms with Crippen LogP contribution in [0.3, 0.4) is 0 Å². The quantitative estimate of drug-likeness (QED) is 0.238. The first-order valence-corrected chi connectivity index (χ1v) is 12.7. The highest BCUT2D eigenvalue weighted by Crippen LogP contribution is 2.67. The van der Waals surface area contributed by atoms with Gasteiger partial charge in [-0.15, -0.1) is 0 Å². The van der Waals surface area contributed by atoms with E-state index in [9.17, 15) is 19.5 Å². The van der Waals surface area contributed by atoms with Crippen molar-refractivity contribution < 1.29 is 38.4 Å². The first-order chi connectivity index (χ1) is 16.8. The van der Waals surface area contributed by atoms with Gasteiger partial charge in [0.1, 0.15) is 6.10 Å². The number of allylic oxidation sites excluding steroid dienone is 3. The number of esters is 3. The monoisotopic (exact) mass is 504 g/mol. The van der Waals surface area contributed by atoms with Crippen molar-refractivity contribution in [2.45, 2.75) is 92.5 Å². The second kappa shape index (κ2) is 10.5. The molecule has 2 fully saturated rings. The summed E-state index contributed by atoms with van der Waals surface area (Å²) < 4.78 is 23.1. The summed E-state index contributed by atoms with van der Waals surface area (Å²) in [6.45, 7) is 16.1. The third-order valence-electron chi connectivity index (χ3n) is 8.32. The molecule has 1 N–H and O–H groups in total. The van der Waals surface area contributed by atoms with Crippen LogP contribution >= 0.6 is 0 Å². The van der Waals surface area contributed by atoms with E-state index in [-0.39, 0.29) is 23.7 Å². The van der Waals surface area contributed by atoms with E-state index < -0.39 is 47.6 Å². The lowest BCUT2D eigenvalue weighted by Gasteiger charge is -2.60. The van der Waals surface area contributed by atoms with Crippen LogP contribution in [0.2, 0.25) is 0 Å². The Labute approximate surface area is 213 Å². The molecule has 1 saturated carbocycles. The highest BCUT2D eigenvalue weighted by Gasteiger charge is 2.71. The average Bonchev–Trinajstić information content (AvgIpc) is 3.07. The van der Waals surface area contributed by atoms with E-state index in [4.69, 9.17) is 18.9 Å². The summed E-state index contributed by atoms with van der Waals surface area (Å²) in [7, 11) is 0. The van der Waals surface area contributed by atoms with Gasteiger partial charge >= 0.3 is 17.9 Å². The van der Waals surface area contributed by atoms with Crippen LogP contribution in [0.1, 0.15) is 67.7 Å². The first-order valence-electron chi connectivity index (χ1n) is 12.7. The van der Waals surface area contributed by atoms with Gasteiger partial charge in [-0.05, 0) is 49.5 Å². The Morgan fingerprint density at radius 1 is 1.17 bits per heavy atom. The number of rotatable bonds is 7. The van der Waals surface area contributed by atoms with Crippen LogP contribution in [0.4, 0.5) is 0 Å². The third kappa shape index (κ3) is 4.90. The Morgan fingerprint density at radius 3 is 2.36 bits per heavy atom. The van der Waals surface area contributed by atoms with Crippen LogP contribution in [0.15, 0.2) is 36.0 Å². The molecular formula is C28H40O8. The number of ether oxygens (including phenoxy) is 4. The maximum absolute atomic E-state index is 12.6.